The van der Waals surface area contributed by atoms with Gasteiger partial charge in [-0.3, -0.25) is 0 Å². The molecule has 138 valence electrons. The van der Waals surface area contributed by atoms with E-state index in [1.54, 1.807) is 6.33 Å². The molecule has 0 saturated carbocycles. The van der Waals surface area contributed by atoms with Crippen molar-refractivity contribution in [3.05, 3.63) is 36.5 Å². The molecule has 0 aromatic carbocycles. The second kappa shape index (κ2) is 7.98. The third-order valence-corrected chi connectivity index (χ3v) is 5.85. The van der Waals surface area contributed by atoms with Crippen molar-refractivity contribution < 1.29 is 0 Å². The molecule has 2 aliphatic heterocycles. The molecule has 2 aliphatic rings. The highest BCUT2D eigenvalue weighted by Gasteiger charge is 2.33. The Labute approximate surface area is 155 Å². The van der Waals surface area contributed by atoms with E-state index in [0.29, 0.717) is 0 Å². The zero-order chi connectivity index (χ0) is 17.8. The van der Waals surface area contributed by atoms with Crippen LogP contribution in [0.2, 0.25) is 0 Å². The van der Waals surface area contributed by atoms with Crippen molar-refractivity contribution in [1.82, 2.24) is 19.9 Å². The predicted molar refractivity (Wildman–Crippen MR) is 103 cm³/mol. The first-order valence-corrected chi connectivity index (χ1v) is 9.91. The molecule has 0 spiro atoms. The lowest BCUT2D eigenvalue weighted by atomic mass is 9.84. The zero-order valence-corrected chi connectivity index (χ0v) is 15.6. The van der Waals surface area contributed by atoms with Gasteiger partial charge in [-0.25, -0.2) is 19.9 Å². The summed E-state index contributed by atoms with van der Waals surface area (Å²) < 4.78 is 0. The van der Waals surface area contributed by atoms with E-state index in [1.165, 1.54) is 30.6 Å². The van der Waals surface area contributed by atoms with Gasteiger partial charge in [-0.2, -0.15) is 0 Å². The number of nitrogens with zero attached hydrogens (tertiary/aromatic N) is 6. The molecular formula is C20H28N6. The fraction of sp³-hybridized carbons (Fsp3) is 0.600. The van der Waals surface area contributed by atoms with Crippen LogP contribution in [0.3, 0.4) is 0 Å². The molecule has 4 rings (SSSR count). The third-order valence-electron chi connectivity index (χ3n) is 5.85. The average molecular weight is 352 g/mol. The molecule has 2 saturated heterocycles. The summed E-state index contributed by atoms with van der Waals surface area (Å²) in [5.41, 5.74) is 1.30. The van der Waals surface area contributed by atoms with Crippen molar-refractivity contribution in [2.24, 2.45) is 11.8 Å². The van der Waals surface area contributed by atoms with Gasteiger partial charge in [0.05, 0.1) is 0 Å². The quantitative estimate of drug-likeness (QED) is 0.824. The summed E-state index contributed by atoms with van der Waals surface area (Å²) in [5, 5.41) is 0. The maximum Gasteiger partial charge on any atom is 0.225 e. The topological polar surface area (TPSA) is 58.0 Å². The maximum absolute atomic E-state index is 4.60. The fourth-order valence-corrected chi connectivity index (χ4v) is 4.47. The molecule has 0 radical (unpaired) electrons. The molecule has 4 heterocycles. The Kier molecular flexibility index (Phi) is 5.27. The highest BCUT2D eigenvalue weighted by molar-refractivity contribution is 5.46. The normalized spacial score (nSPS) is 21.3. The summed E-state index contributed by atoms with van der Waals surface area (Å²) in [6.07, 6.45) is 13.3. The largest absolute Gasteiger partial charge is 0.356 e. The molecule has 0 N–H and O–H groups in total. The van der Waals surface area contributed by atoms with Crippen LogP contribution in [-0.2, 0) is 6.42 Å². The van der Waals surface area contributed by atoms with Crippen molar-refractivity contribution >= 4 is 11.8 Å². The molecule has 2 aromatic rings. The number of aromatic nitrogens is 4. The highest BCUT2D eigenvalue weighted by atomic mass is 15.3. The van der Waals surface area contributed by atoms with Gasteiger partial charge in [-0.1, -0.05) is 13.3 Å². The molecule has 2 aromatic heterocycles. The highest BCUT2D eigenvalue weighted by Crippen LogP contribution is 2.34. The number of rotatable bonds is 5. The van der Waals surface area contributed by atoms with Gasteiger partial charge in [0.2, 0.25) is 5.95 Å². The molecule has 1 atom stereocenters. The molecule has 0 bridgehead atoms. The monoisotopic (exact) mass is 352 g/mol. The third kappa shape index (κ3) is 3.64. The Morgan fingerprint density at radius 3 is 2.46 bits per heavy atom. The van der Waals surface area contributed by atoms with Crippen LogP contribution in [0.25, 0.3) is 0 Å². The molecule has 2 fully saturated rings. The van der Waals surface area contributed by atoms with Crippen LogP contribution in [0.15, 0.2) is 31.0 Å². The Bertz CT molecular complexity index is 698. The van der Waals surface area contributed by atoms with E-state index in [0.717, 1.165) is 56.8 Å². The second-order valence-electron chi connectivity index (χ2n) is 7.49. The van der Waals surface area contributed by atoms with Gasteiger partial charge in [0.1, 0.15) is 12.1 Å². The first-order valence-electron chi connectivity index (χ1n) is 9.91. The van der Waals surface area contributed by atoms with Crippen LogP contribution >= 0.6 is 0 Å². The first-order chi connectivity index (χ1) is 12.8. The minimum Gasteiger partial charge on any atom is -0.356 e. The van der Waals surface area contributed by atoms with Crippen LogP contribution in [0.5, 0.6) is 0 Å². The standard InChI is InChI=1S/C20H28N6/c1-2-4-17-13-21-15-24-19(17)26-12-7-18(14-26)16-5-10-25(11-6-16)20-22-8-3-9-23-20/h3,8-9,13,15-16,18H,2,4-7,10-12,14H2,1H3/t18-/m0/s1. The summed E-state index contributed by atoms with van der Waals surface area (Å²) in [7, 11) is 0. The minimum atomic E-state index is 0.776. The summed E-state index contributed by atoms with van der Waals surface area (Å²) in [6, 6.07) is 1.88. The van der Waals surface area contributed by atoms with Crippen molar-refractivity contribution in [2.45, 2.75) is 39.0 Å². The molecular weight excluding hydrogens is 324 g/mol. The summed E-state index contributed by atoms with van der Waals surface area (Å²) in [6.45, 7) is 6.62. The van der Waals surface area contributed by atoms with E-state index in [2.05, 4.69) is 36.7 Å². The fourth-order valence-electron chi connectivity index (χ4n) is 4.47. The van der Waals surface area contributed by atoms with Gasteiger partial charge < -0.3 is 9.80 Å². The van der Waals surface area contributed by atoms with E-state index in [9.17, 15) is 0 Å². The van der Waals surface area contributed by atoms with Crippen LogP contribution in [0, 0.1) is 11.8 Å². The number of piperidine rings is 1. The molecule has 0 unspecified atom stereocenters. The van der Waals surface area contributed by atoms with E-state index >= 15 is 0 Å². The van der Waals surface area contributed by atoms with Gasteiger partial charge >= 0.3 is 0 Å². The van der Waals surface area contributed by atoms with E-state index in [1.807, 2.05) is 24.7 Å². The first kappa shape index (κ1) is 17.2. The zero-order valence-electron chi connectivity index (χ0n) is 15.6. The summed E-state index contributed by atoms with van der Waals surface area (Å²) in [5.74, 6) is 3.62. The van der Waals surface area contributed by atoms with Crippen molar-refractivity contribution in [3.63, 3.8) is 0 Å². The second-order valence-corrected chi connectivity index (χ2v) is 7.49. The molecule has 0 amide bonds. The van der Waals surface area contributed by atoms with Gasteiger partial charge in [0.25, 0.3) is 0 Å². The molecule has 0 aliphatic carbocycles. The van der Waals surface area contributed by atoms with E-state index < -0.39 is 0 Å². The van der Waals surface area contributed by atoms with Crippen LogP contribution in [0.1, 0.15) is 38.2 Å². The Morgan fingerprint density at radius 2 is 1.69 bits per heavy atom. The Hall–Kier alpha value is -2.24. The maximum atomic E-state index is 4.60. The summed E-state index contributed by atoms with van der Waals surface area (Å²) >= 11 is 0. The van der Waals surface area contributed by atoms with Crippen molar-refractivity contribution in [2.75, 3.05) is 36.0 Å². The van der Waals surface area contributed by atoms with Crippen molar-refractivity contribution in [1.29, 1.82) is 0 Å². The SMILES string of the molecule is CCCc1cncnc1N1CC[C@H](C2CCN(c3ncccn3)CC2)C1. The lowest BCUT2D eigenvalue weighted by Crippen LogP contribution is -2.37. The summed E-state index contributed by atoms with van der Waals surface area (Å²) in [4.78, 5) is 22.4. The molecule has 6 heteroatoms. The average Bonchev–Trinajstić information content (AvgIpc) is 3.20. The van der Waals surface area contributed by atoms with Gasteiger partial charge in [-0.15, -0.1) is 0 Å². The molecule has 26 heavy (non-hydrogen) atoms. The number of hydrogen-bond donors (Lipinski definition) is 0. The van der Waals surface area contributed by atoms with Crippen LogP contribution < -0.4 is 9.80 Å². The predicted octanol–water partition coefficient (Wildman–Crippen LogP) is 2.96. The number of aryl methyl sites for hydroxylation is 1. The smallest absolute Gasteiger partial charge is 0.225 e. The van der Waals surface area contributed by atoms with Gasteiger partial charge in [-0.05, 0) is 43.6 Å². The van der Waals surface area contributed by atoms with E-state index in [-0.39, 0.29) is 0 Å². The Morgan fingerprint density at radius 1 is 0.962 bits per heavy atom. The molecule has 6 nitrogen and oxygen atoms in total. The minimum absolute atomic E-state index is 0.776. The lowest BCUT2D eigenvalue weighted by Gasteiger charge is -2.34. The van der Waals surface area contributed by atoms with Crippen LogP contribution in [0.4, 0.5) is 11.8 Å². The van der Waals surface area contributed by atoms with E-state index in [4.69, 9.17) is 0 Å². The number of anilines is 2. The van der Waals surface area contributed by atoms with Crippen LogP contribution in [-0.4, -0.2) is 46.1 Å². The van der Waals surface area contributed by atoms with Gasteiger partial charge in [0, 0.05) is 50.3 Å². The van der Waals surface area contributed by atoms with Crippen molar-refractivity contribution in [3.8, 4) is 0 Å². The Balaban J connectivity index is 1.35. The number of hydrogen-bond acceptors (Lipinski definition) is 6. The van der Waals surface area contributed by atoms with Gasteiger partial charge in [0.15, 0.2) is 0 Å². The lowest BCUT2D eigenvalue weighted by molar-refractivity contribution is 0.292.